The summed E-state index contributed by atoms with van der Waals surface area (Å²) in [7, 11) is 0. The normalized spacial score (nSPS) is 35.8. The predicted molar refractivity (Wildman–Crippen MR) is 159 cm³/mol. The number of aromatic nitrogens is 4. The number of hydrogen-bond donors (Lipinski definition) is 5. The molecule has 3 saturated carbocycles. The zero-order valence-electron chi connectivity index (χ0n) is 25.1. The van der Waals surface area contributed by atoms with E-state index in [4.69, 9.17) is 0 Å². The molecule has 0 amide bonds. The Hall–Kier alpha value is -2.35. The van der Waals surface area contributed by atoms with Gasteiger partial charge in [-0.05, 0) is 97.7 Å². The Morgan fingerprint density at radius 1 is 0.900 bits per heavy atom. The van der Waals surface area contributed by atoms with Crippen molar-refractivity contribution in [2.75, 3.05) is 0 Å². The summed E-state index contributed by atoms with van der Waals surface area (Å²) in [5.74, 6) is 5.46. The van der Waals surface area contributed by atoms with Crippen molar-refractivity contribution in [1.29, 1.82) is 0 Å². The zero-order chi connectivity index (χ0) is 28.8. The van der Waals surface area contributed by atoms with Crippen LogP contribution in [0, 0.1) is 46.3 Å². The van der Waals surface area contributed by atoms with E-state index in [1.807, 2.05) is 4.98 Å². The van der Waals surface area contributed by atoms with Gasteiger partial charge in [-0.25, -0.2) is 9.59 Å². The molecule has 4 aliphatic rings. The van der Waals surface area contributed by atoms with Crippen molar-refractivity contribution in [3.05, 3.63) is 43.0 Å². The third-order valence-electron chi connectivity index (χ3n) is 11.7. The van der Waals surface area contributed by atoms with E-state index in [-0.39, 0.29) is 17.3 Å². The average Bonchev–Trinajstić information content (AvgIpc) is 3.43. The van der Waals surface area contributed by atoms with Crippen LogP contribution in [0.1, 0.15) is 105 Å². The molecule has 4 aliphatic carbocycles. The average molecular weight is 555 g/mol. The van der Waals surface area contributed by atoms with Crippen LogP contribution in [0.3, 0.4) is 0 Å². The highest BCUT2D eigenvalue weighted by atomic mass is 16.3. The molecule has 222 valence electrons. The summed E-state index contributed by atoms with van der Waals surface area (Å²) in [6.45, 7) is 12.6. The van der Waals surface area contributed by atoms with Crippen LogP contribution < -0.4 is 16.9 Å². The van der Waals surface area contributed by atoms with Crippen LogP contribution >= 0.6 is 0 Å². The molecular weight excluding hydrogens is 504 g/mol. The van der Waals surface area contributed by atoms with Crippen molar-refractivity contribution < 1.29 is 5.11 Å². The van der Waals surface area contributed by atoms with E-state index in [0.29, 0.717) is 10.8 Å². The van der Waals surface area contributed by atoms with Gasteiger partial charge in [-0.2, -0.15) is 0 Å². The lowest BCUT2D eigenvalue weighted by atomic mass is 9.47. The predicted octanol–water partition coefficient (Wildman–Crippen LogP) is 5.62. The van der Waals surface area contributed by atoms with Crippen molar-refractivity contribution in [3.63, 3.8) is 0 Å². The van der Waals surface area contributed by atoms with Gasteiger partial charge in [0.05, 0.1) is 6.10 Å². The quantitative estimate of drug-likeness (QED) is 0.307. The first kappa shape index (κ1) is 29.2. The molecule has 8 nitrogen and oxygen atoms in total. The maximum absolute atomic E-state index is 10.9. The largest absolute Gasteiger partial charge is 0.393 e. The van der Waals surface area contributed by atoms with Crippen molar-refractivity contribution in [3.8, 4) is 0 Å². The van der Waals surface area contributed by atoms with Crippen LogP contribution in [0.25, 0.3) is 11.2 Å². The summed E-state index contributed by atoms with van der Waals surface area (Å²) in [6.07, 6.45) is 17.2. The van der Waals surface area contributed by atoms with Gasteiger partial charge in [0.2, 0.25) is 0 Å². The van der Waals surface area contributed by atoms with Gasteiger partial charge in [-0.1, -0.05) is 65.5 Å². The molecular formula is C32H50N4O4. The van der Waals surface area contributed by atoms with Gasteiger partial charge < -0.3 is 5.11 Å². The number of rotatable bonds is 5. The fourth-order valence-corrected chi connectivity index (χ4v) is 9.62. The van der Waals surface area contributed by atoms with Gasteiger partial charge in [0.1, 0.15) is 11.2 Å². The molecule has 8 atom stereocenters. The van der Waals surface area contributed by atoms with Gasteiger partial charge in [-0.15, -0.1) is 0 Å². The Kier molecular flexibility index (Phi) is 8.12. The van der Waals surface area contributed by atoms with Crippen LogP contribution in [-0.2, 0) is 0 Å². The minimum Gasteiger partial charge on any atom is -0.393 e. The standard InChI is InChI=1S/C27H46O.C5H4N4O3/c1-18(2)7-6-8-19(3)23-11-12-24-22-10-9-20-17-21(28)13-15-26(20,4)25(22)14-16-27(23,24)5;10-3-1-2(7-4(11)6-1)8-5(12)9-3/h9,18-19,21-25,28H,6-8,10-17H2,1-5H3;(H4,6,7,8,9,10,11,12)/t19-,21+,22+,23-,24+,25+,26+,27-;/m1./s1. The smallest absolute Gasteiger partial charge is 0.327 e. The molecule has 0 saturated heterocycles. The van der Waals surface area contributed by atoms with E-state index in [1.54, 1.807) is 5.57 Å². The summed E-state index contributed by atoms with van der Waals surface area (Å²) in [4.78, 5) is 41.0. The minimum atomic E-state index is -0.650. The molecule has 5 N–H and O–H groups in total. The maximum Gasteiger partial charge on any atom is 0.327 e. The number of imidazole rings is 1. The van der Waals surface area contributed by atoms with Gasteiger partial charge in [0, 0.05) is 0 Å². The van der Waals surface area contributed by atoms with Gasteiger partial charge >= 0.3 is 11.4 Å². The SMILES string of the molecule is CC(C)CCC[C@@H](C)[C@H]1CC[C@H]2[C@@H]3CC=C4C[C@@H](O)CC[C@]4(C)[C@H]3CC[C@]12C.O=c1[nH]c(=O)c2[nH]c(=O)[nH]c2[nH]1. The zero-order valence-corrected chi connectivity index (χ0v) is 25.1. The fourth-order valence-electron chi connectivity index (χ4n) is 9.62. The number of fused-ring (bicyclic) bond motifs is 6. The van der Waals surface area contributed by atoms with Crippen molar-refractivity contribution in [2.45, 2.75) is 111 Å². The number of aliphatic hydroxyl groups excluding tert-OH is 1. The highest BCUT2D eigenvalue weighted by molar-refractivity contribution is 5.67. The third-order valence-corrected chi connectivity index (χ3v) is 11.7. The Balaban J connectivity index is 0.000000223. The van der Waals surface area contributed by atoms with E-state index in [1.165, 1.54) is 57.8 Å². The first-order chi connectivity index (χ1) is 18.9. The third kappa shape index (κ3) is 5.33. The lowest BCUT2D eigenvalue weighted by molar-refractivity contribution is -0.0573. The van der Waals surface area contributed by atoms with Crippen molar-refractivity contribution in [1.82, 2.24) is 19.9 Å². The minimum absolute atomic E-state index is 0.0413. The number of allylic oxidation sites excluding steroid dienone is 1. The number of nitrogens with one attached hydrogen (secondary N) is 4. The Bertz CT molecular complexity index is 1400. The van der Waals surface area contributed by atoms with Crippen molar-refractivity contribution >= 4 is 11.2 Å². The van der Waals surface area contributed by atoms with Crippen molar-refractivity contribution in [2.24, 2.45) is 46.3 Å². The number of H-pyrrole nitrogens is 4. The molecule has 0 bridgehead atoms. The van der Waals surface area contributed by atoms with Gasteiger partial charge in [0.25, 0.3) is 5.56 Å². The molecule has 3 fully saturated rings. The van der Waals surface area contributed by atoms with Crippen LogP contribution in [-0.4, -0.2) is 31.1 Å². The molecule has 2 aromatic heterocycles. The first-order valence-corrected chi connectivity index (χ1v) is 15.7. The second-order valence-corrected chi connectivity index (χ2v) is 14.4. The van der Waals surface area contributed by atoms with E-state index >= 15 is 0 Å². The highest BCUT2D eigenvalue weighted by Gasteiger charge is 2.59. The molecule has 8 heteroatoms. The Morgan fingerprint density at radius 3 is 2.35 bits per heavy atom. The van der Waals surface area contributed by atoms with E-state index in [2.05, 4.69) is 55.6 Å². The molecule has 2 heterocycles. The summed E-state index contributed by atoms with van der Waals surface area (Å²) in [5, 5.41) is 10.2. The first-order valence-electron chi connectivity index (χ1n) is 15.7. The molecule has 0 unspecified atom stereocenters. The Morgan fingerprint density at radius 2 is 1.62 bits per heavy atom. The summed E-state index contributed by atoms with van der Waals surface area (Å²) < 4.78 is 0. The van der Waals surface area contributed by atoms with Crippen LogP contribution in [0.15, 0.2) is 26.0 Å². The lowest BCUT2D eigenvalue weighted by Crippen LogP contribution is -2.50. The molecule has 40 heavy (non-hydrogen) atoms. The Labute approximate surface area is 236 Å². The molecule has 0 aromatic carbocycles. The number of aromatic amines is 4. The highest BCUT2D eigenvalue weighted by Crippen LogP contribution is 2.67. The second kappa shape index (κ2) is 11.1. The van der Waals surface area contributed by atoms with E-state index in [9.17, 15) is 19.5 Å². The topological polar surface area (TPSA) is 135 Å². The number of aliphatic hydroxyl groups is 1. The van der Waals surface area contributed by atoms with Gasteiger partial charge in [0.15, 0.2) is 0 Å². The second-order valence-electron chi connectivity index (χ2n) is 14.4. The van der Waals surface area contributed by atoms with Crippen LogP contribution in [0.5, 0.6) is 0 Å². The van der Waals surface area contributed by atoms with Crippen LogP contribution in [0.4, 0.5) is 0 Å². The van der Waals surface area contributed by atoms with Gasteiger partial charge in [-0.3, -0.25) is 24.7 Å². The molecule has 6 rings (SSSR count). The summed E-state index contributed by atoms with van der Waals surface area (Å²) >= 11 is 0. The fraction of sp³-hybridized carbons (Fsp3) is 0.781. The molecule has 0 spiro atoms. The van der Waals surface area contributed by atoms with E-state index < -0.39 is 16.9 Å². The maximum atomic E-state index is 10.9. The lowest BCUT2D eigenvalue weighted by Gasteiger charge is -2.58. The molecule has 2 aromatic rings. The van der Waals surface area contributed by atoms with Crippen LogP contribution in [0.2, 0.25) is 0 Å². The molecule has 0 radical (unpaired) electrons. The molecule has 0 aliphatic heterocycles. The monoisotopic (exact) mass is 554 g/mol. The van der Waals surface area contributed by atoms with E-state index in [0.717, 1.165) is 48.3 Å². The summed E-state index contributed by atoms with van der Waals surface area (Å²) in [6, 6.07) is 0. The summed E-state index contributed by atoms with van der Waals surface area (Å²) in [5.41, 5.74) is 0.951. The number of hydrogen-bond acceptors (Lipinski definition) is 4.